The number of alkyl carbamates (subject to hydrolysis) is 1. The molecule has 0 saturated heterocycles. The van der Waals surface area contributed by atoms with Crippen LogP contribution >= 0.6 is 12.6 Å². The predicted octanol–water partition coefficient (Wildman–Crippen LogP) is 1.89. The minimum absolute atomic E-state index is 0.113. The van der Waals surface area contributed by atoms with Crippen molar-refractivity contribution in [1.29, 1.82) is 0 Å². The molecule has 0 saturated carbocycles. The molecule has 0 aromatic heterocycles. The number of rotatable bonds is 4. The summed E-state index contributed by atoms with van der Waals surface area (Å²) in [6, 6.07) is 6.91. The monoisotopic (exact) mass is 299 g/mol. The zero-order valence-corrected chi connectivity index (χ0v) is 12.7. The van der Waals surface area contributed by atoms with Gasteiger partial charge >= 0.3 is 6.09 Å². The topological polar surface area (TPSA) is 78.8 Å². The van der Waals surface area contributed by atoms with E-state index < -0.39 is 23.9 Å². The van der Waals surface area contributed by atoms with Crippen LogP contribution in [0.5, 0.6) is 0 Å². The number of carbonyl (C=O) groups is 1. The van der Waals surface area contributed by atoms with Gasteiger partial charge in [-0.25, -0.2) is 4.79 Å². The molecule has 1 aromatic carbocycles. The van der Waals surface area contributed by atoms with Crippen molar-refractivity contribution in [3.05, 3.63) is 29.8 Å². The van der Waals surface area contributed by atoms with E-state index in [4.69, 9.17) is 4.74 Å². The Hall–Kier alpha value is -1.24. The molecule has 6 heteroatoms. The quantitative estimate of drug-likeness (QED) is 0.640. The van der Waals surface area contributed by atoms with E-state index in [1.165, 1.54) is 0 Å². The smallest absolute Gasteiger partial charge is 0.407 e. The molecule has 0 heterocycles. The summed E-state index contributed by atoms with van der Waals surface area (Å²) < 4.78 is 5.04. The standard InChI is InChI=1S/C14H21NO4S/c1-14(2,3)19-13(18)15-8-10(16)12(17)9-6-4-5-7-11(9)20/h4-7,10,12,16-17,20H,8H2,1-3H3,(H,15,18). The highest BCUT2D eigenvalue weighted by molar-refractivity contribution is 7.80. The van der Waals surface area contributed by atoms with Gasteiger partial charge in [-0.2, -0.15) is 0 Å². The molecule has 2 atom stereocenters. The predicted molar refractivity (Wildman–Crippen MR) is 78.9 cm³/mol. The van der Waals surface area contributed by atoms with Crippen LogP contribution in [0.3, 0.4) is 0 Å². The summed E-state index contributed by atoms with van der Waals surface area (Å²) in [5.74, 6) is 0. The number of aliphatic hydroxyl groups is 2. The van der Waals surface area contributed by atoms with Crippen LogP contribution < -0.4 is 5.32 Å². The summed E-state index contributed by atoms with van der Waals surface area (Å²) in [5.41, 5.74) is -0.0972. The van der Waals surface area contributed by atoms with Gasteiger partial charge in [0.05, 0.1) is 0 Å². The lowest BCUT2D eigenvalue weighted by atomic mass is 10.0. The number of hydrogen-bond acceptors (Lipinski definition) is 5. The summed E-state index contributed by atoms with van der Waals surface area (Å²) in [4.78, 5) is 12.0. The van der Waals surface area contributed by atoms with Gasteiger partial charge in [0.1, 0.15) is 17.8 Å². The van der Waals surface area contributed by atoms with Crippen molar-refractivity contribution in [3.63, 3.8) is 0 Å². The normalized spacial score (nSPS) is 14.5. The second kappa shape index (κ2) is 6.97. The van der Waals surface area contributed by atoms with E-state index >= 15 is 0 Å². The van der Waals surface area contributed by atoms with E-state index in [0.717, 1.165) is 0 Å². The van der Waals surface area contributed by atoms with E-state index in [0.29, 0.717) is 10.5 Å². The minimum atomic E-state index is -1.14. The molecule has 0 radical (unpaired) electrons. The average Bonchev–Trinajstić information content (AvgIpc) is 2.33. The Morgan fingerprint density at radius 2 is 1.95 bits per heavy atom. The molecule has 112 valence electrons. The first-order chi connectivity index (χ1) is 9.20. The van der Waals surface area contributed by atoms with Gasteiger partial charge in [-0.15, -0.1) is 12.6 Å². The van der Waals surface area contributed by atoms with Crippen molar-refractivity contribution in [2.24, 2.45) is 0 Å². The highest BCUT2D eigenvalue weighted by Crippen LogP contribution is 2.23. The molecule has 0 aliphatic rings. The van der Waals surface area contributed by atoms with Gasteiger partial charge in [0.2, 0.25) is 0 Å². The van der Waals surface area contributed by atoms with Gasteiger partial charge in [-0.1, -0.05) is 18.2 Å². The van der Waals surface area contributed by atoms with Crippen molar-refractivity contribution < 1.29 is 19.7 Å². The Morgan fingerprint density at radius 3 is 2.50 bits per heavy atom. The second-order valence-electron chi connectivity index (χ2n) is 5.45. The van der Waals surface area contributed by atoms with E-state index in [2.05, 4.69) is 17.9 Å². The van der Waals surface area contributed by atoms with Crippen molar-refractivity contribution >= 4 is 18.7 Å². The number of nitrogens with one attached hydrogen (secondary N) is 1. The van der Waals surface area contributed by atoms with Crippen LogP contribution in [-0.2, 0) is 4.74 Å². The van der Waals surface area contributed by atoms with Gasteiger partial charge in [0.25, 0.3) is 0 Å². The molecule has 5 nitrogen and oxygen atoms in total. The zero-order valence-electron chi connectivity index (χ0n) is 11.8. The number of thiol groups is 1. The number of amides is 1. The van der Waals surface area contributed by atoms with Crippen molar-refractivity contribution in [1.82, 2.24) is 5.32 Å². The fraction of sp³-hybridized carbons (Fsp3) is 0.500. The molecule has 20 heavy (non-hydrogen) atoms. The summed E-state index contributed by atoms with van der Waals surface area (Å²) in [5, 5.41) is 22.3. The number of ether oxygens (including phenoxy) is 1. The average molecular weight is 299 g/mol. The molecule has 0 aliphatic heterocycles. The van der Waals surface area contributed by atoms with Gasteiger partial charge in [0.15, 0.2) is 0 Å². The molecule has 1 amide bonds. The Morgan fingerprint density at radius 1 is 1.35 bits per heavy atom. The van der Waals surface area contributed by atoms with Crippen LogP contribution in [0.15, 0.2) is 29.2 Å². The fourth-order valence-corrected chi connectivity index (χ4v) is 1.85. The van der Waals surface area contributed by atoms with E-state index in [9.17, 15) is 15.0 Å². The number of aliphatic hydroxyl groups excluding tert-OH is 2. The lowest BCUT2D eigenvalue weighted by molar-refractivity contribution is 0.0117. The third-order valence-corrected chi connectivity index (χ3v) is 2.88. The summed E-state index contributed by atoms with van der Waals surface area (Å²) in [7, 11) is 0. The van der Waals surface area contributed by atoms with Gasteiger partial charge in [0, 0.05) is 11.4 Å². The Balaban J connectivity index is 2.53. The summed E-state index contributed by atoms with van der Waals surface area (Å²) >= 11 is 4.21. The Bertz CT molecular complexity index is 459. The van der Waals surface area contributed by atoms with Crippen LogP contribution in [-0.4, -0.2) is 34.6 Å². The van der Waals surface area contributed by atoms with Gasteiger partial charge in [-0.3, -0.25) is 0 Å². The Labute approximate surface area is 124 Å². The van der Waals surface area contributed by atoms with Crippen molar-refractivity contribution in [3.8, 4) is 0 Å². The number of carbonyl (C=O) groups excluding carboxylic acids is 1. The molecule has 3 N–H and O–H groups in total. The SMILES string of the molecule is CC(C)(C)OC(=O)NCC(O)C(O)c1ccccc1S. The molecule has 1 rings (SSSR count). The maximum atomic E-state index is 11.4. The molecule has 2 unspecified atom stereocenters. The molecule has 0 aliphatic carbocycles. The second-order valence-corrected chi connectivity index (χ2v) is 5.94. The maximum absolute atomic E-state index is 11.4. The van der Waals surface area contributed by atoms with Crippen LogP contribution in [0.2, 0.25) is 0 Å². The van der Waals surface area contributed by atoms with Gasteiger partial charge < -0.3 is 20.3 Å². The Kier molecular flexibility index (Phi) is 5.86. The summed E-state index contributed by atoms with van der Waals surface area (Å²) in [6.45, 7) is 5.12. The first-order valence-corrected chi connectivity index (χ1v) is 6.76. The molecule has 1 aromatic rings. The first-order valence-electron chi connectivity index (χ1n) is 6.31. The molecule has 0 bridgehead atoms. The number of benzene rings is 1. The summed E-state index contributed by atoms with van der Waals surface area (Å²) in [6.07, 6.45) is -2.91. The molecular formula is C14H21NO4S. The van der Waals surface area contributed by atoms with E-state index in [-0.39, 0.29) is 6.54 Å². The van der Waals surface area contributed by atoms with Crippen LogP contribution in [0, 0.1) is 0 Å². The molecular weight excluding hydrogens is 278 g/mol. The lowest BCUT2D eigenvalue weighted by Gasteiger charge is -2.22. The molecule has 0 fully saturated rings. The largest absolute Gasteiger partial charge is 0.444 e. The number of hydrogen-bond donors (Lipinski definition) is 4. The first kappa shape index (κ1) is 16.8. The van der Waals surface area contributed by atoms with Crippen LogP contribution in [0.4, 0.5) is 4.79 Å². The van der Waals surface area contributed by atoms with Crippen molar-refractivity contribution in [2.75, 3.05) is 6.54 Å². The van der Waals surface area contributed by atoms with Crippen LogP contribution in [0.25, 0.3) is 0 Å². The zero-order chi connectivity index (χ0) is 15.3. The lowest BCUT2D eigenvalue weighted by Crippen LogP contribution is -2.38. The minimum Gasteiger partial charge on any atom is -0.444 e. The van der Waals surface area contributed by atoms with Gasteiger partial charge in [-0.05, 0) is 32.4 Å². The maximum Gasteiger partial charge on any atom is 0.407 e. The third-order valence-electron chi connectivity index (χ3n) is 2.47. The van der Waals surface area contributed by atoms with Crippen LogP contribution in [0.1, 0.15) is 32.4 Å². The highest BCUT2D eigenvalue weighted by atomic mass is 32.1. The van der Waals surface area contributed by atoms with Crippen molar-refractivity contribution in [2.45, 2.75) is 43.5 Å². The molecule has 0 spiro atoms. The van der Waals surface area contributed by atoms with E-state index in [1.54, 1.807) is 45.0 Å². The highest BCUT2D eigenvalue weighted by Gasteiger charge is 2.22. The fourth-order valence-electron chi connectivity index (χ4n) is 1.56. The van der Waals surface area contributed by atoms with E-state index in [1.807, 2.05) is 0 Å². The third kappa shape index (κ3) is 5.40.